The molecule has 0 radical (unpaired) electrons. The Labute approximate surface area is 147 Å². The fourth-order valence-corrected chi connectivity index (χ4v) is 0. The van der Waals surface area contributed by atoms with Crippen molar-refractivity contribution >= 4 is 82.2 Å². The van der Waals surface area contributed by atoms with Crippen LogP contribution in [0.4, 0.5) is 9.59 Å². The van der Waals surface area contributed by atoms with Crippen LogP contribution in [-0.4, -0.2) is 71.2 Å². The van der Waals surface area contributed by atoms with E-state index in [9.17, 15) is 0 Å². The molecule has 0 fully saturated rings. The minimum atomic E-state index is -5.17. The van der Waals surface area contributed by atoms with Gasteiger partial charge in [0.2, 0.25) is 6.16 Å². The van der Waals surface area contributed by atoms with Crippen molar-refractivity contribution in [1.82, 2.24) is 0 Å². The van der Waals surface area contributed by atoms with Gasteiger partial charge in [0.1, 0.15) is 0 Å². The maximum atomic E-state index is 8.98. The molecule has 0 heterocycles. The van der Waals surface area contributed by atoms with E-state index in [4.69, 9.17) is 37.3 Å². The minimum Gasteiger partial charge on any atom is -0.759 e. The number of rotatable bonds is 0. The summed E-state index contributed by atoms with van der Waals surface area (Å²) in [5, 5.41) is 15.3. The van der Waals surface area contributed by atoms with E-state index in [2.05, 4.69) is 23.2 Å². The van der Waals surface area contributed by atoms with E-state index in [1.165, 1.54) is 0 Å². The fraction of sp³-hybridized carbons (Fsp3) is 0. The van der Waals surface area contributed by atoms with Gasteiger partial charge in [-0.3, -0.25) is 13.2 Å². The summed E-state index contributed by atoms with van der Waals surface area (Å²) < 4.78 is 33.2. The standard InChI is InChI=1S/CCl2O.CH2O3.Ca.Na.H2O4S/c2*2-1(3)4;;;1-5(2,3)4/h;(H2,2,3,4);;;(H2,1,2,3,4)/q;;+2;+1;/p-3. The van der Waals surface area contributed by atoms with Gasteiger partial charge in [-0.25, -0.2) is 0 Å². The molecular weight excluding hydrogens is 318 g/mol. The Morgan fingerprint density at radius 3 is 1.13 bits per heavy atom. The summed E-state index contributed by atoms with van der Waals surface area (Å²) in [4.78, 5) is 17.4. The molecule has 0 aromatic rings. The maximum absolute atomic E-state index is 8.98. The average Bonchev–Trinajstić information content (AvgIpc) is 1.50. The Hall–Kier alpha value is 1.65. The van der Waals surface area contributed by atoms with E-state index >= 15 is 0 Å². The molecule has 0 aliphatic rings. The number of hydrogen-bond acceptors (Lipinski definition) is 7. The zero-order chi connectivity index (χ0) is 11.7. The van der Waals surface area contributed by atoms with Crippen LogP contribution in [0, 0.1) is 0 Å². The molecule has 0 amide bonds. The Bertz CT molecular complexity index is 225. The summed E-state index contributed by atoms with van der Waals surface area (Å²) in [5.74, 6) is 0. The summed E-state index contributed by atoms with van der Waals surface area (Å²) in [5.41, 5.74) is 0. The number of carbonyl (C=O) groups excluding carboxylic acids is 1. The number of hydrogen-bond donors (Lipinski definition) is 1. The van der Waals surface area contributed by atoms with Gasteiger partial charge >= 0.3 is 72.0 Å². The molecule has 0 aromatic carbocycles. The van der Waals surface area contributed by atoms with Gasteiger partial charge < -0.3 is 24.1 Å². The molecule has 0 spiro atoms. The van der Waals surface area contributed by atoms with Crippen LogP contribution in [0.1, 0.15) is 0 Å². The van der Waals surface area contributed by atoms with Crippen molar-refractivity contribution in [2.75, 3.05) is 0 Å². The minimum absolute atomic E-state index is 0. The zero-order valence-electron chi connectivity index (χ0n) is 7.18. The van der Waals surface area contributed by atoms with E-state index in [0.29, 0.717) is 0 Å². The van der Waals surface area contributed by atoms with Gasteiger partial charge in [-0.2, -0.15) is 0 Å². The molecule has 0 unspecified atom stereocenters. The Morgan fingerprint density at radius 2 is 1.13 bits per heavy atom. The van der Waals surface area contributed by atoms with Gasteiger partial charge in [-0.05, 0) is 23.2 Å². The van der Waals surface area contributed by atoms with Crippen molar-refractivity contribution in [2.24, 2.45) is 0 Å². The van der Waals surface area contributed by atoms with E-state index in [1.807, 2.05) is 0 Å². The third kappa shape index (κ3) is 1070. The summed E-state index contributed by atoms with van der Waals surface area (Å²) in [6.45, 7) is 0. The molecule has 0 rings (SSSR count). The van der Waals surface area contributed by atoms with Crippen molar-refractivity contribution < 1.29 is 66.9 Å². The van der Waals surface area contributed by atoms with Crippen molar-refractivity contribution in [3.63, 3.8) is 0 Å². The van der Waals surface area contributed by atoms with Gasteiger partial charge in [0.15, 0.2) is 0 Å². The number of halogens is 2. The van der Waals surface area contributed by atoms with Crippen LogP contribution in [0.5, 0.6) is 0 Å². The van der Waals surface area contributed by atoms with E-state index < -0.39 is 21.3 Å². The van der Waals surface area contributed by atoms with Crippen LogP contribution in [-0.2, 0) is 10.4 Å². The van der Waals surface area contributed by atoms with Gasteiger partial charge in [0, 0.05) is 10.4 Å². The van der Waals surface area contributed by atoms with Crippen LogP contribution >= 0.6 is 23.2 Å². The van der Waals surface area contributed by atoms with Crippen LogP contribution in [0.25, 0.3) is 0 Å². The quantitative estimate of drug-likeness (QED) is 0.203. The molecule has 1 N–H and O–H groups in total. The maximum Gasteiger partial charge on any atom is 2.00 e. The topological polar surface area (TPSA) is 158 Å². The van der Waals surface area contributed by atoms with Crippen molar-refractivity contribution in [3.8, 4) is 0 Å². The molecule has 13 heteroatoms. The van der Waals surface area contributed by atoms with Crippen molar-refractivity contribution in [3.05, 3.63) is 0 Å². The Morgan fingerprint density at radius 1 is 1.13 bits per heavy atom. The van der Waals surface area contributed by atoms with Gasteiger partial charge in [0.25, 0.3) is 0 Å². The summed E-state index contributed by atoms with van der Waals surface area (Å²) in [7, 11) is -5.17. The van der Waals surface area contributed by atoms with E-state index in [1.54, 1.807) is 0 Å². The average molecular weight is 319 g/mol. The van der Waals surface area contributed by atoms with Crippen LogP contribution in [0.2, 0.25) is 0 Å². The molecule has 0 aliphatic heterocycles. The third-order valence-corrected chi connectivity index (χ3v) is 0. The summed E-state index contributed by atoms with van der Waals surface area (Å²) >= 11 is 8.80. The second-order valence-corrected chi connectivity index (χ2v) is 2.60. The summed E-state index contributed by atoms with van der Waals surface area (Å²) in [6.07, 6.45) is -2.08. The zero-order valence-corrected chi connectivity index (χ0v) is 13.7. The SMILES string of the molecule is O=C(Cl)Cl.O=C([O-])O.O=S(=O)([O-])[O-].[Ca+2].[Na+]. The molecule has 0 atom stereocenters. The van der Waals surface area contributed by atoms with Crippen LogP contribution < -0.4 is 34.7 Å². The molecule has 80 valence electrons. The monoisotopic (exact) mass is 318 g/mol. The van der Waals surface area contributed by atoms with E-state index in [0.717, 1.165) is 0 Å². The second kappa shape index (κ2) is 18.0. The molecule has 0 saturated heterocycles. The van der Waals surface area contributed by atoms with Gasteiger partial charge in [-0.1, -0.05) is 0 Å². The van der Waals surface area contributed by atoms with Crippen molar-refractivity contribution in [1.29, 1.82) is 0 Å². The van der Waals surface area contributed by atoms with Crippen molar-refractivity contribution in [2.45, 2.75) is 0 Å². The predicted octanol–water partition coefficient (Wildman–Crippen LogP) is -4.24. The van der Waals surface area contributed by atoms with Gasteiger partial charge in [-0.15, -0.1) is 0 Å². The predicted molar refractivity (Wildman–Crippen MR) is 41.4 cm³/mol. The molecule has 8 nitrogen and oxygen atoms in total. The number of carbonyl (C=O) groups is 2. The van der Waals surface area contributed by atoms with Crippen LogP contribution in [0.15, 0.2) is 0 Å². The smallest absolute Gasteiger partial charge is 0.759 e. The molecule has 0 bridgehead atoms. The summed E-state index contributed by atoms with van der Waals surface area (Å²) in [6, 6.07) is 0. The normalized spacial score (nSPS) is 7.20. The fourth-order valence-electron chi connectivity index (χ4n) is 0. The Balaban J connectivity index is -0.0000000315. The third-order valence-electron chi connectivity index (χ3n) is 0. The van der Waals surface area contributed by atoms with Crippen LogP contribution in [0.3, 0.4) is 0 Å². The first-order chi connectivity index (χ1) is 5.46. The first-order valence-electron chi connectivity index (χ1n) is 1.88. The number of carboxylic acid groups (broad SMARTS) is 2. The molecule has 0 aromatic heterocycles. The van der Waals surface area contributed by atoms with E-state index in [-0.39, 0.29) is 67.3 Å². The largest absolute Gasteiger partial charge is 2.00 e. The Kier molecular flexibility index (Phi) is 36.1. The molecule has 0 aliphatic carbocycles. The molecule has 0 saturated carbocycles. The first-order valence-corrected chi connectivity index (χ1v) is 3.97. The van der Waals surface area contributed by atoms with Gasteiger partial charge in [0.05, 0.1) is 0 Å². The second-order valence-electron chi connectivity index (χ2n) is 0.900. The molecular formula is C2HCaCl2NaO8S. The first kappa shape index (κ1) is 30.0. The molecule has 15 heavy (non-hydrogen) atoms.